The molecule has 0 aliphatic carbocycles. The van der Waals surface area contributed by atoms with Crippen molar-refractivity contribution < 1.29 is 13.2 Å². The van der Waals surface area contributed by atoms with Crippen LogP contribution in [-0.2, 0) is 10.0 Å². The van der Waals surface area contributed by atoms with E-state index in [0.717, 1.165) is 6.54 Å². The van der Waals surface area contributed by atoms with Crippen LogP contribution in [0.2, 0.25) is 0 Å². The van der Waals surface area contributed by atoms with Crippen LogP contribution in [0.4, 0.5) is 0 Å². The summed E-state index contributed by atoms with van der Waals surface area (Å²) in [6.07, 6.45) is 0. The molecule has 0 aliphatic rings. The Balaban J connectivity index is 2.86. The fraction of sp³-hybridized carbons (Fsp3) is 0.571. The molecule has 1 aromatic rings. The van der Waals surface area contributed by atoms with Crippen molar-refractivity contribution in [3.8, 4) is 5.75 Å². The monoisotopic (exact) mass is 300 g/mol. The summed E-state index contributed by atoms with van der Waals surface area (Å²) >= 11 is 0. The lowest BCUT2D eigenvalue weighted by atomic mass is 10.3. The van der Waals surface area contributed by atoms with Gasteiger partial charge in [0, 0.05) is 19.1 Å². The number of likely N-dealkylation sites (N-methyl/N-ethyl adjacent to an activating group) is 1. The molecule has 0 amide bonds. The summed E-state index contributed by atoms with van der Waals surface area (Å²) in [6.45, 7) is 7.34. The van der Waals surface area contributed by atoms with Crippen molar-refractivity contribution in [1.29, 1.82) is 0 Å². The van der Waals surface area contributed by atoms with Crippen LogP contribution in [0, 0.1) is 0 Å². The minimum atomic E-state index is -3.43. The molecule has 0 unspecified atom stereocenters. The van der Waals surface area contributed by atoms with Crippen LogP contribution >= 0.6 is 0 Å². The molecule has 0 radical (unpaired) electrons. The van der Waals surface area contributed by atoms with E-state index in [-0.39, 0.29) is 6.04 Å². The highest BCUT2D eigenvalue weighted by Gasteiger charge is 2.25. The zero-order valence-corrected chi connectivity index (χ0v) is 13.4. The van der Waals surface area contributed by atoms with Gasteiger partial charge in [0.2, 0.25) is 10.0 Å². The highest BCUT2D eigenvalue weighted by molar-refractivity contribution is 7.89. The molecule has 6 heteroatoms. The first-order valence-corrected chi connectivity index (χ1v) is 8.26. The molecule has 0 fully saturated rings. The van der Waals surface area contributed by atoms with E-state index in [1.54, 1.807) is 24.3 Å². The molecule has 20 heavy (non-hydrogen) atoms. The summed E-state index contributed by atoms with van der Waals surface area (Å²) in [6, 6.07) is 6.51. The van der Waals surface area contributed by atoms with E-state index in [0.29, 0.717) is 23.8 Å². The fourth-order valence-electron chi connectivity index (χ4n) is 1.93. The minimum Gasteiger partial charge on any atom is -0.492 e. The number of ether oxygens (including phenoxy) is 1. The summed E-state index contributed by atoms with van der Waals surface area (Å²) in [5.74, 6) is 0.673. The number of benzene rings is 1. The largest absolute Gasteiger partial charge is 0.492 e. The van der Waals surface area contributed by atoms with E-state index >= 15 is 0 Å². The summed E-state index contributed by atoms with van der Waals surface area (Å²) in [4.78, 5) is 0.300. The van der Waals surface area contributed by atoms with Gasteiger partial charge in [-0.15, -0.1) is 0 Å². The highest BCUT2D eigenvalue weighted by atomic mass is 32.2. The number of hydrogen-bond donors (Lipinski definition) is 1. The van der Waals surface area contributed by atoms with Gasteiger partial charge in [-0.1, -0.05) is 6.92 Å². The Labute approximate surface area is 122 Å². The van der Waals surface area contributed by atoms with Crippen molar-refractivity contribution in [2.75, 3.05) is 26.7 Å². The van der Waals surface area contributed by atoms with Gasteiger partial charge in [-0.05, 0) is 45.2 Å². The molecule has 1 rings (SSSR count). The van der Waals surface area contributed by atoms with E-state index in [4.69, 9.17) is 4.74 Å². The van der Waals surface area contributed by atoms with E-state index < -0.39 is 10.0 Å². The second-order valence-electron chi connectivity index (χ2n) is 4.73. The van der Waals surface area contributed by atoms with Crippen molar-refractivity contribution >= 4 is 10.0 Å². The molecule has 1 N–H and O–H groups in total. The normalized spacial score (nSPS) is 12.1. The molecular weight excluding hydrogens is 276 g/mol. The Morgan fingerprint density at radius 3 is 2.30 bits per heavy atom. The third kappa shape index (κ3) is 4.19. The number of hydrogen-bond acceptors (Lipinski definition) is 4. The van der Waals surface area contributed by atoms with Crippen LogP contribution in [0.25, 0.3) is 0 Å². The van der Waals surface area contributed by atoms with E-state index in [2.05, 4.69) is 5.32 Å². The molecular formula is C14H24N2O3S. The Morgan fingerprint density at radius 1 is 1.25 bits per heavy atom. The number of rotatable bonds is 8. The number of sulfonamides is 1. The van der Waals surface area contributed by atoms with E-state index in [9.17, 15) is 8.42 Å². The smallest absolute Gasteiger partial charge is 0.243 e. The molecule has 0 spiro atoms. The van der Waals surface area contributed by atoms with Crippen LogP contribution < -0.4 is 10.1 Å². The Bertz CT molecular complexity index is 498. The summed E-state index contributed by atoms with van der Waals surface area (Å²) in [7, 11) is -1.58. The van der Waals surface area contributed by atoms with Crippen LogP contribution in [0.3, 0.4) is 0 Å². The van der Waals surface area contributed by atoms with Gasteiger partial charge >= 0.3 is 0 Å². The predicted octanol–water partition coefficient (Wildman–Crippen LogP) is 1.70. The predicted molar refractivity (Wildman–Crippen MR) is 80.6 cm³/mol. The van der Waals surface area contributed by atoms with Crippen molar-refractivity contribution in [2.24, 2.45) is 0 Å². The lowest BCUT2D eigenvalue weighted by Gasteiger charge is -2.24. The molecule has 0 aromatic heterocycles. The van der Waals surface area contributed by atoms with Crippen LogP contribution in [0.15, 0.2) is 29.2 Å². The average Bonchev–Trinajstić information content (AvgIpc) is 2.39. The lowest BCUT2D eigenvalue weighted by molar-refractivity contribution is 0.318. The first kappa shape index (κ1) is 16.9. The van der Waals surface area contributed by atoms with Crippen molar-refractivity contribution in [1.82, 2.24) is 9.62 Å². The molecule has 0 saturated carbocycles. The van der Waals surface area contributed by atoms with Crippen molar-refractivity contribution in [2.45, 2.75) is 31.7 Å². The van der Waals surface area contributed by atoms with Gasteiger partial charge in [0.25, 0.3) is 0 Å². The number of nitrogens with zero attached hydrogens (tertiary/aromatic N) is 1. The number of nitrogens with one attached hydrogen (secondary N) is 1. The van der Waals surface area contributed by atoms with Gasteiger partial charge < -0.3 is 10.1 Å². The fourth-order valence-corrected chi connectivity index (χ4v) is 3.57. The average molecular weight is 300 g/mol. The molecule has 0 bridgehead atoms. The van der Waals surface area contributed by atoms with Gasteiger partial charge in [0.1, 0.15) is 12.4 Å². The highest BCUT2D eigenvalue weighted by Crippen LogP contribution is 2.21. The van der Waals surface area contributed by atoms with E-state index in [1.807, 2.05) is 27.8 Å². The standard InChI is InChI=1S/C14H24N2O3S/c1-5-16(12(2)3)20(17,18)14-8-6-13(7-9-14)19-11-10-15-4/h6-9,12,15H,5,10-11H2,1-4H3. The molecule has 1 aromatic carbocycles. The zero-order valence-electron chi connectivity index (χ0n) is 12.6. The first-order valence-electron chi connectivity index (χ1n) is 6.82. The summed E-state index contributed by atoms with van der Waals surface area (Å²) in [5, 5.41) is 2.98. The third-order valence-electron chi connectivity index (χ3n) is 2.94. The van der Waals surface area contributed by atoms with Gasteiger partial charge in [0.15, 0.2) is 0 Å². The minimum absolute atomic E-state index is 0.0587. The molecule has 0 heterocycles. The molecule has 0 aliphatic heterocycles. The first-order chi connectivity index (χ1) is 9.43. The Kier molecular flexibility index (Phi) is 6.45. The lowest BCUT2D eigenvalue weighted by Crippen LogP contribution is -2.36. The second-order valence-corrected chi connectivity index (χ2v) is 6.62. The SMILES string of the molecule is CCN(C(C)C)S(=O)(=O)c1ccc(OCCNC)cc1. The van der Waals surface area contributed by atoms with E-state index in [1.165, 1.54) is 4.31 Å². The third-order valence-corrected chi connectivity index (χ3v) is 5.10. The van der Waals surface area contributed by atoms with Crippen LogP contribution in [0.1, 0.15) is 20.8 Å². The molecule has 0 atom stereocenters. The van der Waals surface area contributed by atoms with Gasteiger partial charge in [0.05, 0.1) is 4.90 Å². The van der Waals surface area contributed by atoms with Gasteiger partial charge in [-0.3, -0.25) is 0 Å². The summed E-state index contributed by atoms with van der Waals surface area (Å²) in [5.41, 5.74) is 0. The van der Waals surface area contributed by atoms with Gasteiger partial charge in [-0.2, -0.15) is 4.31 Å². The molecule has 0 saturated heterocycles. The molecule has 5 nitrogen and oxygen atoms in total. The zero-order chi connectivity index (χ0) is 15.2. The Morgan fingerprint density at radius 2 is 1.85 bits per heavy atom. The van der Waals surface area contributed by atoms with Crippen molar-refractivity contribution in [3.05, 3.63) is 24.3 Å². The topological polar surface area (TPSA) is 58.6 Å². The van der Waals surface area contributed by atoms with Crippen molar-refractivity contribution in [3.63, 3.8) is 0 Å². The maximum atomic E-state index is 12.5. The quantitative estimate of drug-likeness (QED) is 0.743. The Hall–Kier alpha value is -1.11. The molecule has 114 valence electrons. The maximum absolute atomic E-state index is 12.5. The van der Waals surface area contributed by atoms with Gasteiger partial charge in [-0.25, -0.2) is 8.42 Å². The summed E-state index contributed by atoms with van der Waals surface area (Å²) < 4.78 is 31.9. The maximum Gasteiger partial charge on any atom is 0.243 e. The van der Waals surface area contributed by atoms with Crippen LogP contribution in [-0.4, -0.2) is 45.5 Å². The van der Waals surface area contributed by atoms with Crippen LogP contribution in [0.5, 0.6) is 5.75 Å². The second kappa shape index (κ2) is 7.61.